The molecule has 4 amide bonds. The molecule has 5 aromatic rings. The molecule has 1 atom stereocenters. The van der Waals surface area contributed by atoms with Crippen LogP contribution in [0.25, 0.3) is 11.3 Å². The van der Waals surface area contributed by atoms with E-state index < -0.39 is 58.5 Å². The lowest BCUT2D eigenvalue weighted by atomic mass is 9.71. The average Bonchev–Trinajstić information content (AvgIpc) is 4.05. The monoisotopic (exact) mass is 1000 g/mol. The van der Waals surface area contributed by atoms with Crippen molar-refractivity contribution in [3.63, 3.8) is 0 Å². The number of hydrogen-bond acceptors (Lipinski definition) is 16. The van der Waals surface area contributed by atoms with Gasteiger partial charge in [0.2, 0.25) is 17.8 Å². The molecule has 0 radical (unpaired) electrons. The van der Waals surface area contributed by atoms with Crippen LogP contribution in [-0.4, -0.2) is 131 Å². The molecule has 0 aliphatic carbocycles. The molecule has 24 heteroatoms. The number of imide groups is 2. The largest absolute Gasteiger partial charge is 0.419 e. The number of hydrogen-bond donors (Lipinski definition) is 4. The van der Waals surface area contributed by atoms with Crippen molar-refractivity contribution in [1.29, 1.82) is 0 Å². The summed E-state index contributed by atoms with van der Waals surface area (Å²) in [5, 5.41) is 27.6. The summed E-state index contributed by atoms with van der Waals surface area (Å²) < 4.78 is 68.9. The van der Waals surface area contributed by atoms with Crippen molar-refractivity contribution in [3.8, 4) is 11.3 Å². The van der Waals surface area contributed by atoms with Crippen LogP contribution in [0.2, 0.25) is 0 Å². The number of rotatable bonds is 17. The molecule has 0 saturated carbocycles. The fourth-order valence-corrected chi connectivity index (χ4v) is 10.2. The van der Waals surface area contributed by atoms with Crippen molar-refractivity contribution < 1.29 is 46.6 Å². The lowest BCUT2D eigenvalue weighted by molar-refractivity contribution is -0.138. The number of fused-ring (bicyclic) bond motifs is 1. The maximum absolute atomic E-state index is 15.2. The summed E-state index contributed by atoms with van der Waals surface area (Å²) >= 11 is 1.18. The highest BCUT2D eigenvalue weighted by Crippen LogP contribution is 2.44. The first-order valence-corrected chi connectivity index (χ1v) is 24.2. The van der Waals surface area contributed by atoms with Gasteiger partial charge in [-0.2, -0.15) is 18.3 Å². The Morgan fingerprint density at radius 2 is 1.73 bits per heavy atom. The van der Waals surface area contributed by atoms with Gasteiger partial charge < -0.3 is 25.0 Å². The number of ether oxygens (including phenoxy) is 1. The molecule has 3 fully saturated rings. The molecule has 4 aliphatic heterocycles. The number of carbonyl (C=O) groups is 4. The molecule has 3 aromatic heterocycles. The van der Waals surface area contributed by atoms with E-state index in [-0.39, 0.29) is 48.6 Å². The van der Waals surface area contributed by atoms with Crippen LogP contribution in [0, 0.1) is 11.2 Å². The summed E-state index contributed by atoms with van der Waals surface area (Å²) in [6.45, 7) is 9.08. The molecule has 4 aliphatic rings. The van der Waals surface area contributed by atoms with Gasteiger partial charge in [-0.25, -0.2) is 14.4 Å². The van der Waals surface area contributed by atoms with Crippen LogP contribution in [0.15, 0.2) is 66.1 Å². The van der Waals surface area contributed by atoms with E-state index in [9.17, 15) is 37.5 Å². The Morgan fingerprint density at radius 1 is 0.958 bits per heavy atom. The Balaban J connectivity index is 0.675. The number of benzene rings is 2. The number of piperidine rings is 3. The van der Waals surface area contributed by atoms with Gasteiger partial charge in [-0.15, -0.1) is 5.10 Å². The Kier molecular flexibility index (Phi) is 14.3. The first kappa shape index (κ1) is 49.6. The molecule has 0 bridgehead atoms. The first-order chi connectivity index (χ1) is 33.9. The molecule has 1 spiro atoms. The topological polar surface area (TPSA) is 218 Å². The Hall–Kier alpha value is -6.34. The lowest BCUT2D eigenvalue weighted by Crippen LogP contribution is -2.54. The third kappa shape index (κ3) is 11.4. The number of aliphatic hydroxyl groups is 1. The van der Waals surface area contributed by atoms with E-state index in [0.717, 1.165) is 63.3 Å². The van der Waals surface area contributed by atoms with E-state index in [1.54, 1.807) is 32.0 Å². The SMILES string of the molecule is CC(C)(O)Cn1cc(-c2nc(Nc3ccc(SNCCOCc4cn(CCN5CCC6(CC5)CCN(c5cccc7c5C(=O)N(C5CCC(=O)NC5=O)C7=O)CC6)nn4)cc3F)ncc2C(F)(F)F)cn1. The minimum Gasteiger partial charge on any atom is -0.389 e. The van der Waals surface area contributed by atoms with Crippen molar-refractivity contribution >= 4 is 52.9 Å². The molecule has 9 rings (SSSR count). The molecular formula is C47H53F4N13O6S. The molecule has 376 valence electrons. The van der Waals surface area contributed by atoms with Crippen molar-refractivity contribution in [1.82, 2.24) is 54.6 Å². The normalized spacial score (nSPS) is 18.7. The zero-order valence-electron chi connectivity index (χ0n) is 39.0. The second-order valence-electron chi connectivity index (χ2n) is 19.0. The van der Waals surface area contributed by atoms with Gasteiger partial charge >= 0.3 is 6.18 Å². The van der Waals surface area contributed by atoms with Crippen LogP contribution < -0.4 is 20.3 Å². The third-order valence-electron chi connectivity index (χ3n) is 13.3. The molecule has 19 nitrogen and oxygen atoms in total. The highest BCUT2D eigenvalue weighted by molar-refractivity contribution is 7.97. The summed E-state index contributed by atoms with van der Waals surface area (Å²) in [5.41, 5.74) is -0.436. The molecule has 2 aromatic carbocycles. The van der Waals surface area contributed by atoms with Crippen molar-refractivity contribution in [2.24, 2.45) is 5.41 Å². The smallest absolute Gasteiger partial charge is 0.389 e. The van der Waals surface area contributed by atoms with Crippen molar-refractivity contribution in [3.05, 3.63) is 89.4 Å². The number of aromatic nitrogens is 7. The molecule has 7 heterocycles. The predicted octanol–water partition coefficient (Wildman–Crippen LogP) is 5.20. The second kappa shape index (κ2) is 20.4. The Labute approximate surface area is 409 Å². The Bertz CT molecular complexity index is 2800. The van der Waals surface area contributed by atoms with E-state index in [4.69, 9.17) is 4.74 Å². The van der Waals surface area contributed by atoms with Gasteiger partial charge in [0.1, 0.15) is 23.1 Å². The minimum atomic E-state index is -4.76. The summed E-state index contributed by atoms with van der Waals surface area (Å²) in [6, 6.07) is 8.62. The molecular weight excluding hydrogens is 951 g/mol. The quantitative estimate of drug-likeness (QED) is 0.0407. The second-order valence-corrected chi connectivity index (χ2v) is 19.9. The number of amides is 4. The summed E-state index contributed by atoms with van der Waals surface area (Å²) in [4.78, 5) is 65.4. The molecule has 1 unspecified atom stereocenters. The van der Waals surface area contributed by atoms with E-state index in [1.807, 2.05) is 16.9 Å². The van der Waals surface area contributed by atoms with Crippen LogP contribution in [-0.2, 0) is 40.2 Å². The summed E-state index contributed by atoms with van der Waals surface area (Å²) in [7, 11) is 0. The summed E-state index contributed by atoms with van der Waals surface area (Å²) in [5.74, 6) is -2.93. The van der Waals surface area contributed by atoms with Gasteiger partial charge in [-0.1, -0.05) is 11.3 Å². The molecule has 3 saturated heterocycles. The third-order valence-corrected chi connectivity index (χ3v) is 14.1. The molecule has 71 heavy (non-hydrogen) atoms. The van der Waals surface area contributed by atoms with E-state index in [0.29, 0.717) is 53.3 Å². The zero-order chi connectivity index (χ0) is 50.1. The van der Waals surface area contributed by atoms with Crippen LogP contribution in [0.1, 0.15) is 84.3 Å². The van der Waals surface area contributed by atoms with Gasteiger partial charge in [0.15, 0.2) is 0 Å². The van der Waals surface area contributed by atoms with Gasteiger partial charge in [0.05, 0.1) is 72.5 Å². The Morgan fingerprint density at radius 3 is 2.46 bits per heavy atom. The van der Waals surface area contributed by atoms with Crippen molar-refractivity contribution in [2.45, 2.75) is 94.8 Å². The number of anilines is 3. The van der Waals surface area contributed by atoms with Crippen molar-refractivity contribution in [2.75, 3.05) is 56.1 Å². The number of halogens is 4. The number of nitrogens with one attached hydrogen (secondary N) is 3. The van der Waals surface area contributed by atoms with Gasteiger partial charge in [0.25, 0.3) is 11.8 Å². The average molecular weight is 1000 g/mol. The number of alkyl halides is 3. The first-order valence-electron chi connectivity index (χ1n) is 23.4. The van der Waals surface area contributed by atoms with Gasteiger partial charge in [-0.05, 0) is 107 Å². The van der Waals surface area contributed by atoms with Crippen LogP contribution in [0.4, 0.5) is 34.9 Å². The molecule has 4 N–H and O–H groups in total. The fourth-order valence-electron chi connectivity index (χ4n) is 9.54. The maximum Gasteiger partial charge on any atom is 0.419 e. The zero-order valence-corrected chi connectivity index (χ0v) is 39.9. The summed E-state index contributed by atoms with van der Waals surface area (Å²) in [6.07, 6.45) is 4.51. The number of nitrogens with zero attached hydrogens (tertiary/aromatic N) is 10. The standard InChI is InChI=1S/C47H53F4N13O6S/c1-45(2,69)28-63-25-29(23-53-63)40-33(47(49,50)51)24-52-44(57-40)55-35-7-6-31(22-34(35)48)71-54-14-21-70-27-30-26-62(59-58-30)20-19-60-15-10-46(11-16-60)12-17-61(18-13-46)36-5-3-4-32-39(36)43(68)64(42(32)67)37-8-9-38(65)56-41(37)66/h3-7,22-26,37,54,69H,8-21,27-28H2,1-2H3,(H,52,55,57)(H,56,65,66). The highest BCUT2D eigenvalue weighted by atomic mass is 32.2. The highest BCUT2D eigenvalue weighted by Gasteiger charge is 2.47. The maximum atomic E-state index is 15.2. The van der Waals surface area contributed by atoms with E-state index >= 15 is 4.39 Å². The lowest BCUT2D eigenvalue weighted by Gasteiger charge is -2.47. The fraction of sp³-hybridized carbons (Fsp3) is 0.468. The van der Waals surface area contributed by atoms with E-state index in [1.165, 1.54) is 41.2 Å². The van der Waals surface area contributed by atoms with Gasteiger partial charge in [-0.3, -0.25) is 43.5 Å². The van der Waals surface area contributed by atoms with Crippen LogP contribution in [0.5, 0.6) is 0 Å². The minimum absolute atomic E-state index is 0.0369. The van der Waals surface area contributed by atoms with Crippen LogP contribution in [0.3, 0.4) is 0 Å². The predicted molar refractivity (Wildman–Crippen MR) is 250 cm³/mol. The van der Waals surface area contributed by atoms with E-state index in [2.05, 4.69) is 50.5 Å². The number of carbonyl (C=O) groups excluding carboxylic acids is 4. The van der Waals surface area contributed by atoms with Crippen LogP contribution >= 0.6 is 11.9 Å². The van der Waals surface area contributed by atoms with Gasteiger partial charge in [0, 0.05) is 55.5 Å². The number of likely N-dealkylation sites (tertiary alicyclic amines) is 1.